The van der Waals surface area contributed by atoms with E-state index in [2.05, 4.69) is 0 Å². The van der Waals surface area contributed by atoms with E-state index >= 15 is 0 Å². The van der Waals surface area contributed by atoms with Gasteiger partial charge in [0, 0.05) is 40.1 Å². The van der Waals surface area contributed by atoms with Crippen LogP contribution in [0.5, 0.6) is 0 Å². The Morgan fingerprint density at radius 3 is 1.80 bits per heavy atom. The minimum Gasteiger partial charge on any atom is -0.383 e. The van der Waals surface area contributed by atoms with Gasteiger partial charge in [0.05, 0.1) is 19.0 Å². The minimum atomic E-state index is -2.89. The Bertz CT molecular complexity index is 232. The fourth-order valence-electron chi connectivity index (χ4n) is 1.07. The van der Waals surface area contributed by atoms with Gasteiger partial charge in [0.15, 0.2) is 0 Å². The van der Waals surface area contributed by atoms with Crippen LogP contribution in [0.3, 0.4) is 0 Å². The summed E-state index contributed by atoms with van der Waals surface area (Å²) in [6.45, 7) is 3.21. The Hall–Kier alpha value is -0.170. The molecule has 15 heavy (non-hydrogen) atoms. The van der Waals surface area contributed by atoms with Crippen LogP contribution in [0.4, 0.5) is 0 Å². The van der Waals surface area contributed by atoms with Gasteiger partial charge in [0.1, 0.15) is 9.84 Å². The lowest BCUT2D eigenvalue weighted by Crippen LogP contribution is -2.34. The van der Waals surface area contributed by atoms with Crippen LogP contribution >= 0.6 is 0 Å². The molecule has 0 saturated carbocycles. The highest BCUT2D eigenvalue weighted by Crippen LogP contribution is 1.92. The van der Waals surface area contributed by atoms with Crippen molar-refractivity contribution >= 4 is 9.84 Å². The molecule has 0 amide bonds. The number of nitrogens with zero attached hydrogens (tertiary/aromatic N) is 1. The maximum atomic E-state index is 11.0. The molecule has 0 atom stereocenters. The van der Waals surface area contributed by atoms with Crippen LogP contribution in [-0.2, 0) is 19.3 Å². The molecule has 0 unspecified atom stereocenters. The Morgan fingerprint density at radius 2 is 1.47 bits per heavy atom. The van der Waals surface area contributed by atoms with Crippen LogP contribution < -0.4 is 0 Å². The van der Waals surface area contributed by atoms with E-state index in [1.54, 1.807) is 14.2 Å². The van der Waals surface area contributed by atoms with E-state index in [9.17, 15) is 8.42 Å². The third-order valence-corrected chi connectivity index (χ3v) is 2.93. The highest BCUT2D eigenvalue weighted by molar-refractivity contribution is 7.90. The van der Waals surface area contributed by atoms with Gasteiger partial charge in [-0.15, -0.1) is 0 Å². The van der Waals surface area contributed by atoms with E-state index in [4.69, 9.17) is 9.47 Å². The van der Waals surface area contributed by atoms with Crippen molar-refractivity contribution in [3.05, 3.63) is 0 Å². The molecule has 0 aromatic rings. The first-order chi connectivity index (χ1) is 6.99. The molecule has 0 saturated heterocycles. The fourth-order valence-corrected chi connectivity index (χ4v) is 1.66. The summed E-state index contributed by atoms with van der Waals surface area (Å²) in [5, 5.41) is 0. The number of ether oxygens (including phenoxy) is 2. The number of rotatable bonds is 9. The Morgan fingerprint density at radius 1 is 1.00 bits per heavy atom. The molecule has 0 heterocycles. The van der Waals surface area contributed by atoms with Gasteiger partial charge in [-0.3, -0.25) is 4.90 Å². The third kappa shape index (κ3) is 10.1. The van der Waals surface area contributed by atoms with E-state index < -0.39 is 9.84 Å². The van der Waals surface area contributed by atoms with Gasteiger partial charge in [-0.05, 0) is 0 Å². The molecular weight excluding hydrogens is 218 g/mol. The molecule has 0 aliphatic carbocycles. The van der Waals surface area contributed by atoms with Gasteiger partial charge < -0.3 is 9.47 Å². The lowest BCUT2D eigenvalue weighted by molar-refractivity contribution is 0.118. The van der Waals surface area contributed by atoms with Crippen LogP contribution in [0.25, 0.3) is 0 Å². The van der Waals surface area contributed by atoms with E-state index in [0.29, 0.717) is 19.8 Å². The van der Waals surface area contributed by atoms with Gasteiger partial charge in [0.25, 0.3) is 0 Å². The first-order valence-electron chi connectivity index (χ1n) is 4.87. The summed E-state index contributed by atoms with van der Waals surface area (Å²) in [5.41, 5.74) is 0. The molecule has 0 aromatic carbocycles. The van der Waals surface area contributed by atoms with Crippen molar-refractivity contribution in [2.45, 2.75) is 0 Å². The van der Waals surface area contributed by atoms with E-state index in [1.165, 1.54) is 6.26 Å². The maximum absolute atomic E-state index is 11.0. The second-order valence-corrected chi connectivity index (χ2v) is 5.72. The first-order valence-corrected chi connectivity index (χ1v) is 6.93. The van der Waals surface area contributed by atoms with Gasteiger partial charge in [-0.2, -0.15) is 0 Å². The summed E-state index contributed by atoms with van der Waals surface area (Å²) >= 11 is 0. The predicted molar refractivity (Wildman–Crippen MR) is 59.9 cm³/mol. The standard InChI is InChI=1S/C9H21NO4S/c1-13-7-4-10(5-8-14-2)6-9-15(3,11)12/h4-9H2,1-3H3. The zero-order chi connectivity index (χ0) is 11.7. The Kier molecular flexibility index (Phi) is 7.95. The summed E-state index contributed by atoms with van der Waals surface area (Å²) in [6, 6.07) is 0. The Balaban J connectivity index is 3.89. The maximum Gasteiger partial charge on any atom is 0.148 e. The monoisotopic (exact) mass is 239 g/mol. The zero-order valence-electron chi connectivity index (χ0n) is 9.73. The summed E-state index contributed by atoms with van der Waals surface area (Å²) in [6.07, 6.45) is 1.25. The molecule has 0 bridgehead atoms. The summed E-state index contributed by atoms with van der Waals surface area (Å²) in [7, 11) is 0.367. The molecule has 0 spiro atoms. The summed E-state index contributed by atoms with van der Waals surface area (Å²) in [4.78, 5) is 2.02. The topological polar surface area (TPSA) is 55.8 Å². The highest BCUT2D eigenvalue weighted by Gasteiger charge is 2.08. The van der Waals surface area contributed by atoms with Crippen molar-refractivity contribution in [1.29, 1.82) is 0 Å². The molecular formula is C9H21NO4S. The van der Waals surface area contributed by atoms with Gasteiger partial charge in [-0.25, -0.2) is 8.42 Å². The first kappa shape index (κ1) is 14.8. The van der Waals surface area contributed by atoms with Gasteiger partial charge in [0.2, 0.25) is 0 Å². The highest BCUT2D eigenvalue weighted by atomic mass is 32.2. The predicted octanol–water partition coefficient (Wildman–Crippen LogP) is -0.374. The zero-order valence-corrected chi connectivity index (χ0v) is 10.5. The smallest absolute Gasteiger partial charge is 0.148 e. The normalized spacial score (nSPS) is 12.3. The van der Waals surface area contributed by atoms with Crippen molar-refractivity contribution < 1.29 is 17.9 Å². The van der Waals surface area contributed by atoms with Crippen molar-refractivity contribution in [2.24, 2.45) is 0 Å². The SMILES string of the molecule is COCCN(CCOC)CCS(C)(=O)=O. The summed E-state index contributed by atoms with van der Waals surface area (Å²) in [5.74, 6) is 0.181. The molecule has 0 N–H and O–H groups in total. The number of methoxy groups -OCH3 is 2. The van der Waals surface area contributed by atoms with E-state index in [0.717, 1.165) is 13.1 Å². The molecule has 0 aromatic heterocycles. The second-order valence-electron chi connectivity index (χ2n) is 3.46. The molecule has 0 radical (unpaired) electrons. The van der Waals surface area contributed by atoms with E-state index in [-0.39, 0.29) is 5.75 Å². The van der Waals surface area contributed by atoms with Gasteiger partial charge in [-0.1, -0.05) is 0 Å². The largest absolute Gasteiger partial charge is 0.383 e. The van der Waals surface area contributed by atoms with Crippen LogP contribution in [0, 0.1) is 0 Å². The second kappa shape index (κ2) is 8.04. The van der Waals surface area contributed by atoms with Crippen LogP contribution in [0.1, 0.15) is 0 Å². The van der Waals surface area contributed by atoms with E-state index in [1.807, 2.05) is 4.90 Å². The van der Waals surface area contributed by atoms with Crippen LogP contribution in [0.2, 0.25) is 0 Å². The van der Waals surface area contributed by atoms with Crippen LogP contribution in [0.15, 0.2) is 0 Å². The lowest BCUT2D eigenvalue weighted by atomic mass is 10.5. The minimum absolute atomic E-state index is 0.181. The number of hydrogen-bond acceptors (Lipinski definition) is 5. The third-order valence-electron chi connectivity index (χ3n) is 2.00. The molecule has 5 nitrogen and oxygen atoms in total. The molecule has 0 fully saturated rings. The molecule has 92 valence electrons. The Labute approximate surface area is 92.3 Å². The summed E-state index contributed by atoms with van der Waals surface area (Å²) < 4.78 is 31.9. The van der Waals surface area contributed by atoms with Crippen molar-refractivity contribution in [2.75, 3.05) is 59.1 Å². The quantitative estimate of drug-likeness (QED) is 0.549. The lowest BCUT2D eigenvalue weighted by Gasteiger charge is -2.20. The van der Waals surface area contributed by atoms with Crippen molar-refractivity contribution in [3.63, 3.8) is 0 Å². The molecule has 0 aliphatic rings. The van der Waals surface area contributed by atoms with Crippen LogP contribution in [-0.4, -0.2) is 72.4 Å². The molecule has 0 rings (SSSR count). The fraction of sp³-hybridized carbons (Fsp3) is 1.00. The van der Waals surface area contributed by atoms with Gasteiger partial charge >= 0.3 is 0 Å². The average molecular weight is 239 g/mol. The van der Waals surface area contributed by atoms with Crippen molar-refractivity contribution in [3.8, 4) is 0 Å². The van der Waals surface area contributed by atoms with Crippen molar-refractivity contribution in [1.82, 2.24) is 4.90 Å². The average Bonchev–Trinajstić information content (AvgIpc) is 2.15. The number of sulfone groups is 1. The molecule has 0 aliphatic heterocycles. The number of hydrogen-bond donors (Lipinski definition) is 0. The molecule has 6 heteroatoms.